The van der Waals surface area contributed by atoms with Crippen LogP contribution in [0.1, 0.15) is 11.1 Å². The number of thioether (sulfide) groups is 2. The lowest BCUT2D eigenvalue weighted by atomic mass is 10.2. The smallest absolute Gasteiger partial charge is 0.0946 e. The van der Waals surface area contributed by atoms with E-state index in [1.807, 2.05) is 36.0 Å². The molecular formula is C20H22N2S2. The van der Waals surface area contributed by atoms with Crippen LogP contribution in [0, 0.1) is 0 Å². The zero-order valence-electron chi connectivity index (χ0n) is 13.6. The van der Waals surface area contributed by atoms with Gasteiger partial charge in [0.1, 0.15) is 0 Å². The van der Waals surface area contributed by atoms with Gasteiger partial charge >= 0.3 is 0 Å². The molecule has 0 spiro atoms. The minimum absolute atomic E-state index is 0.577. The molecule has 0 radical (unpaired) electrons. The number of hydrogen-bond donors (Lipinski definition) is 0. The first-order chi connectivity index (χ1) is 11.9. The largest absolute Gasteiger partial charge is 0.336 e. The Morgan fingerprint density at radius 3 is 2.17 bits per heavy atom. The van der Waals surface area contributed by atoms with Crippen LogP contribution < -0.4 is 0 Å². The summed E-state index contributed by atoms with van der Waals surface area (Å²) < 4.78 is 2.19. The van der Waals surface area contributed by atoms with Gasteiger partial charge in [-0.2, -0.15) is 23.5 Å². The van der Waals surface area contributed by atoms with E-state index in [0.29, 0.717) is 5.25 Å². The van der Waals surface area contributed by atoms with E-state index in [9.17, 15) is 0 Å². The number of hydrogen-bond acceptors (Lipinski definition) is 3. The highest BCUT2D eigenvalue weighted by Gasteiger charge is 2.11. The SMILES string of the molecule is c1ccc(CSCC(Cn2ccnc2)SCc2ccccc2)cc1. The molecule has 0 aliphatic heterocycles. The van der Waals surface area contributed by atoms with Crippen LogP contribution in [-0.4, -0.2) is 20.6 Å². The molecule has 1 atom stereocenters. The molecule has 124 valence electrons. The van der Waals surface area contributed by atoms with Gasteiger partial charge in [0.2, 0.25) is 0 Å². The Hall–Kier alpha value is -1.65. The third-order valence-electron chi connectivity index (χ3n) is 3.72. The van der Waals surface area contributed by atoms with Crippen molar-refractivity contribution in [2.45, 2.75) is 23.3 Å². The Labute approximate surface area is 152 Å². The second kappa shape index (κ2) is 9.60. The van der Waals surface area contributed by atoms with E-state index in [-0.39, 0.29) is 0 Å². The van der Waals surface area contributed by atoms with Crippen LogP contribution in [0.15, 0.2) is 79.4 Å². The van der Waals surface area contributed by atoms with Crippen molar-refractivity contribution in [2.75, 3.05) is 5.75 Å². The summed E-state index contributed by atoms with van der Waals surface area (Å²) in [7, 11) is 0. The Balaban J connectivity index is 1.52. The lowest BCUT2D eigenvalue weighted by molar-refractivity contribution is 0.695. The minimum atomic E-state index is 0.577. The van der Waals surface area contributed by atoms with Crippen LogP contribution in [0.25, 0.3) is 0 Å². The Kier molecular flexibility index (Phi) is 6.87. The maximum absolute atomic E-state index is 4.17. The van der Waals surface area contributed by atoms with Gasteiger partial charge in [0, 0.05) is 41.4 Å². The van der Waals surface area contributed by atoms with Crippen LogP contribution in [0.2, 0.25) is 0 Å². The minimum Gasteiger partial charge on any atom is -0.336 e. The Morgan fingerprint density at radius 1 is 0.875 bits per heavy atom. The molecule has 0 bridgehead atoms. The molecule has 0 amide bonds. The predicted molar refractivity (Wildman–Crippen MR) is 106 cm³/mol. The second-order valence-corrected chi connectivity index (χ2v) is 8.00. The van der Waals surface area contributed by atoms with E-state index < -0.39 is 0 Å². The third-order valence-corrected chi connectivity index (χ3v) is 6.39. The molecule has 2 aromatic carbocycles. The molecule has 4 heteroatoms. The molecule has 1 heterocycles. The van der Waals surface area contributed by atoms with Gasteiger partial charge in [-0.3, -0.25) is 0 Å². The van der Waals surface area contributed by atoms with Crippen molar-refractivity contribution in [3.05, 3.63) is 90.5 Å². The van der Waals surface area contributed by atoms with Crippen molar-refractivity contribution < 1.29 is 0 Å². The van der Waals surface area contributed by atoms with Gasteiger partial charge in [0.25, 0.3) is 0 Å². The van der Waals surface area contributed by atoms with Gasteiger partial charge in [-0.05, 0) is 11.1 Å². The molecule has 0 saturated carbocycles. The van der Waals surface area contributed by atoms with E-state index in [1.165, 1.54) is 11.1 Å². The lowest BCUT2D eigenvalue weighted by Gasteiger charge is -2.17. The summed E-state index contributed by atoms with van der Waals surface area (Å²) in [5.74, 6) is 3.28. The summed E-state index contributed by atoms with van der Waals surface area (Å²) in [6, 6.07) is 21.4. The van der Waals surface area contributed by atoms with Crippen molar-refractivity contribution in [1.29, 1.82) is 0 Å². The average molecular weight is 355 g/mol. The number of benzene rings is 2. The Morgan fingerprint density at radius 2 is 1.54 bits per heavy atom. The van der Waals surface area contributed by atoms with Gasteiger partial charge in [-0.1, -0.05) is 60.7 Å². The van der Waals surface area contributed by atoms with Gasteiger partial charge in [-0.15, -0.1) is 0 Å². The summed E-state index contributed by atoms with van der Waals surface area (Å²) in [5.41, 5.74) is 2.79. The molecule has 24 heavy (non-hydrogen) atoms. The maximum atomic E-state index is 4.17. The van der Waals surface area contributed by atoms with Crippen molar-refractivity contribution in [3.8, 4) is 0 Å². The molecule has 0 fully saturated rings. The molecule has 0 aliphatic carbocycles. The number of imidazole rings is 1. The van der Waals surface area contributed by atoms with Crippen LogP contribution in [0.5, 0.6) is 0 Å². The molecule has 1 unspecified atom stereocenters. The maximum Gasteiger partial charge on any atom is 0.0946 e. The van der Waals surface area contributed by atoms with E-state index in [2.05, 4.69) is 76.4 Å². The van der Waals surface area contributed by atoms with Crippen molar-refractivity contribution in [3.63, 3.8) is 0 Å². The van der Waals surface area contributed by atoms with Gasteiger partial charge in [-0.25, -0.2) is 4.98 Å². The van der Waals surface area contributed by atoms with E-state index in [1.54, 1.807) is 0 Å². The first-order valence-electron chi connectivity index (χ1n) is 8.13. The highest BCUT2D eigenvalue weighted by Crippen LogP contribution is 2.24. The van der Waals surface area contributed by atoms with E-state index in [4.69, 9.17) is 0 Å². The average Bonchev–Trinajstić information content (AvgIpc) is 3.14. The molecule has 3 rings (SSSR count). The van der Waals surface area contributed by atoms with Crippen molar-refractivity contribution in [2.24, 2.45) is 0 Å². The molecule has 0 aliphatic rings. The van der Waals surface area contributed by atoms with Crippen LogP contribution in [0.3, 0.4) is 0 Å². The van der Waals surface area contributed by atoms with E-state index in [0.717, 1.165) is 23.8 Å². The van der Waals surface area contributed by atoms with Gasteiger partial charge < -0.3 is 4.57 Å². The summed E-state index contributed by atoms with van der Waals surface area (Å²) >= 11 is 4.06. The summed E-state index contributed by atoms with van der Waals surface area (Å²) in [4.78, 5) is 4.17. The lowest BCUT2D eigenvalue weighted by Crippen LogP contribution is -2.15. The highest BCUT2D eigenvalue weighted by atomic mass is 32.2. The van der Waals surface area contributed by atoms with Crippen LogP contribution in [0.4, 0.5) is 0 Å². The van der Waals surface area contributed by atoms with Crippen LogP contribution in [-0.2, 0) is 18.1 Å². The first-order valence-corrected chi connectivity index (χ1v) is 10.3. The topological polar surface area (TPSA) is 17.8 Å². The molecule has 2 nitrogen and oxygen atoms in total. The number of nitrogens with zero attached hydrogens (tertiary/aromatic N) is 2. The number of rotatable bonds is 9. The molecule has 3 aromatic rings. The quantitative estimate of drug-likeness (QED) is 0.531. The normalized spacial score (nSPS) is 12.2. The van der Waals surface area contributed by atoms with E-state index >= 15 is 0 Å². The zero-order chi connectivity index (χ0) is 16.5. The van der Waals surface area contributed by atoms with Crippen molar-refractivity contribution >= 4 is 23.5 Å². The third kappa shape index (κ3) is 5.77. The molecule has 1 aromatic heterocycles. The second-order valence-electron chi connectivity index (χ2n) is 5.68. The standard InChI is InChI=1S/C20H22N2S2/c1-3-7-18(8-4-1)14-23-16-20(13-22-12-11-21-17-22)24-15-19-9-5-2-6-10-19/h1-12,17,20H,13-16H2. The summed E-state index contributed by atoms with van der Waals surface area (Å²) in [6.07, 6.45) is 5.83. The van der Waals surface area contributed by atoms with Gasteiger partial charge in [0.15, 0.2) is 0 Å². The number of aromatic nitrogens is 2. The molecule has 0 saturated heterocycles. The zero-order valence-corrected chi connectivity index (χ0v) is 15.3. The van der Waals surface area contributed by atoms with Crippen molar-refractivity contribution in [1.82, 2.24) is 9.55 Å². The Bertz CT molecular complexity index is 684. The fraction of sp³-hybridized carbons (Fsp3) is 0.250. The highest BCUT2D eigenvalue weighted by molar-refractivity contribution is 8.02. The fourth-order valence-corrected chi connectivity index (χ4v) is 4.94. The monoisotopic (exact) mass is 354 g/mol. The first kappa shape index (κ1) is 17.2. The molecule has 0 N–H and O–H groups in total. The summed E-state index contributed by atoms with van der Waals surface area (Å²) in [6.45, 7) is 1.01. The molecular weight excluding hydrogens is 332 g/mol. The fourth-order valence-electron chi connectivity index (χ4n) is 2.45. The summed E-state index contributed by atoms with van der Waals surface area (Å²) in [5, 5.41) is 0.577. The van der Waals surface area contributed by atoms with Crippen LogP contribution >= 0.6 is 23.5 Å². The predicted octanol–water partition coefficient (Wildman–Crippen LogP) is 5.12. The van der Waals surface area contributed by atoms with Gasteiger partial charge in [0.05, 0.1) is 6.33 Å².